The lowest BCUT2D eigenvalue weighted by atomic mass is 10.1. The van der Waals surface area contributed by atoms with Gasteiger partial charge in [0.05, 0.1) is 29.3 Å². The van der Waals surface area contributed by atoms with Gasteiger partial charge in [-0.1, -0.05) is 36.0 Å². The first-order chi connectivity index (χ1) is 13.5. The number of hydrogen-bond donors (Lipinski definition) is 2. The van der Waals surface area contributed by atoms with Crippen molar-refractivity contribution in [2.75, 3.05) is 12.4 Å². The van der Waals surface area contributed by atoms with Crippen LogP contribution < -0.4 is 5.56 Å². The van der Waals surface area contributed by atoms with E-state index in [0.29, 0.717) is 21.8 Å². The van der Waals surface area contributed by atoms with Gasteiger partial charge in [-0.25, -0.2) is 4.57 Å². The Morgan fingerprint density at radius 3 is 2.68 bits per heavy atom. The van der Waals surface area contributed by atoms with E-state index in [1.54, 1.807) is 10.6 Å². The lowest BCUT2D eigenvalue weighted by Gasteiger charge is -2.14. The van der Waals surface area contributed by atoms with Crippen molar-refractivity contribution in [3.8, 4) is 5.69 Å². The molecule has 8 heteroatoms. The first-order valence-electron chi connectivity index (χ1n) is 8.90. The van der Waals surface area contributed by atoms with Crippen LogP contribution in [-0.4, -0.2) is 47.8 Å². The van der Waals surface area contributed by atoms with Crippen LogP contribution in [0, 0.1) is 13.8 Å². The highest BCUT2D eigenvalue weighted by Gasteiger charge is 2.19. The van der Waals surface area contributed by atoms with E-state index in [4.69, 9.17) is 5.11 Å². The fraction of sp³-hybridized carbons (Fsp3) is 0.250. The Kier molecular flexibility index (Phi) is 4.92. The highest BCUT2D eigenvalue weighted by molar-refractivity contribution is 7.99. The fourth-order valence-corrected chi connectivity index (χ4v) is 4.05. The molecule has 0 saturated carbocycles. The van der Waals surface area contributed by atoms with Crippen LogP contribution in [-0.2, 0) is 0 Å². The summed E-state index contributed by atoms with van der Waals surface area (Å²) in [5.41, 5.74) is 3.39. The number of aromatic nitrogens is 4. The molecule has 28 heavy (non-hydrogen) atoms. The summed E-state index contributed by atoms with van der Waals surface area (Å²) in [4.78, 5) is 13.3. The molecule has 0 spiro atoms. The maximum absolute atomic E-state index is 13.3. The Morgan fingerprint density at radius 1 is 1.11 bits per heavy atom. The van der Waals surface area contributed by atoms with Crippen molar-refractivity contribution in [3.05, 3.63) is 63.9 Å². The van der Waals surface area contributed by atoms with E-state index >= 15 is 0 Å². The molecule has 4 aromatic rings. The molecule has 0 aliphatic heterocycles. The number of aliphatic hydroxyl groups is 2. The van der Waals surface area contributed by atoms with Crippen molar-refractivity contribution in [3.63, 3.8) is 0 Å². The zero-order valence-corrected chi connectivity index (χ0v) is 16.3. The van der Waals surface area contributed by atoms with Gasteiger partial charge in [0.15, 0.2) is 5.16 Å². The molecule has 2 N–H and O–H groups in total. The molecule has 0 bridgehead atoms. The predicted molar refractivity (Wildman–Crippen MR) is 109 cm³/mol. The molecule has 0 aliphatic carbocycles. The van der Waals surface area contributed by atoms with Crippen LogP contribution in [0.3, 0.4) is 0 Å². The van der Waals surface area contributed by atoms with E-state index in [1.165, 1.54) is 11.8 Å². The summed E-state index contributed by atoms with van der Waals surface area (Å²) in [5.74, 6) is 0.687. The van der Waals surface area contributed by atoms with E-state index in [-0.39, 0.29) is 17.9 Å². The van der Waals surface area contributed by atoms with Crippen molar-refractivity contribution in [1.29, 1.82) is 0 Å². The van der Waals surface area contributed by atoms with Crippen LogP contribution in [0.15, 0.2) is 52.4 Å². The van der Waals surface area contributed by atoms with Crippen LogP contribution in [0.25, 0.3) is 22.4 Å². The average molecular weight is 396 g/mol. The molecule has 2 heterocycles. The number of para-hydroxylation sites is 1. The molecule has 1 atom stereocenters. The molecule has 0 unspecified atom stereocenters. The number of rotatable bonds is 5. The molecule has 0 fully saturated rings. The maximum atomic E-state index is 13.3. The Labute approximate surface area is 165 Å². The first kappa shape index (κ1) is 18.7. The number of aliphatic hydroxyl groups excluding tert-OH is 2. The molecule has 7 nitrogen and oxygen atoms in total. The largest absolute Gasteiger partial charge is 0.394 e. The first-order valence-corrected chi connectivity index (χ1v) is 9.88. The number of thioether (sulfide) groups is 1. The van der Waals surface area contributed by atoms with Gasteiger partial charge in [0.2, 0.25) is 5.78 Å². The Bertz CT molecular complexity index is 1230. The van der Waals surface area contributed by atoms with Crippen LogP contribution >= 0.6 is 11.8 Å². The zero-order chi connectivity index (χ0) is 19.8. The molecule has 4 rings (SSSR count). The molecule has 0 amide bonds. The molecule has 0 aliphatic rings. The van der Waals surface area contributed by atoms with Gasteiger partial charge in [0.25, 0.3) is 5.56 Å². The molecule has 2 aromatic carbocycles. The molecular formula is C20H20N4O3S. The average Bonchev–Trinajstić information content (AvgIpc) is 3.13. The Morgan fingerprint density at radius 2 is 1.89 bits per heavy atom. The fourth-order valence-electron chi connectivity index (χ4n) is 3.19. The number of hydrogen-bond acceptors (Lipinski definition) is 6. The minimum absolute atomic E-state index is 0.156. The quantitative estimate of drug-likeness (QED) is 0.502. The van der Waals surface area contributed by atoms with Gasteiger partial charge < -0.3 is 10.2 Å². The van der Waals surface area contributed by atoms with E-state index in [9.17, 15) is 9.90 Å². The van der Waals surface area contributed by atoms with Crippen molar-refractivity contribution in [2.24, 2.45) is 0 Å². The molecule has 0 radical (unpaired) electrons. The SMILES string of the molecule is Cc1cccc(-n2c(=O)c3ccccc3n3c(SC[C@H](O)CO)nnc23)c1C. The van der Waals surface area contributed by atoms with E-state index in [0.717, 1.165) is 16.8 Å². The summed E-state index contributed by atoms with van der Waals surface area (Å²) < 4.78 is 3.41. The topological polar surface area (TPSA) is 92.7 Å². The van der Waals surface area contributed by atoms with Crippen LogP contribution in [0.4, 0.5) is 0 Å². The van der Waals surface area contributed by atoms with Crippen LogP contribution in [0.2, 0.25) is 0 Å². The molecule has 2 aromatic heterocycles. The predicted octanol–water partition coefficient (Wildman–Crippen LogP) is 2.10. The van der Waals surface area contributed by atoms with Gasteiger partial charge in [-0.05, 0) is 43.2 Å². The summed E-state index contributed by atoms with van der Waals surface area (Å²) in [6, 6.07) is 13.2. The van der Waals surface area contributed by atoms with Gasteiger partial charge in [0.1, 0.15) is 0 Å². The van der Waals surface area contributed by atoms with Crippen molar-refractivity contribution in [1.82, 2.24) is 19.2 Å². The zero-order valence-electron chi connectivity index (χ0n) is 15.5. The lowest BCUT2D eigenvalue weighted by molar-refractivity contribution is 0.113. The normalized spacial score (nSPS) is 12.7. The highest BCUT2D eigenvalue weighted by Crippen LogP contribution is 2.25. The summed E-state index contributed by atoms with van der Waals surface area (Å²) in [6.45, 7) is 3.66. The van der Waals surface area contributed by atoms with Gasteiger partial charge >= 0.3 is 0 Å². The van der Waals surface area contributed by atoms with Crippen molar-refractivity contribution >= 4 is 28.4 Å². The maximum Gasteiger partial charge on any atom is 0.267 e. The van der Waals surface area contributed by atoms with Crippen LogP contribution in [0.5, 0.6) is 0 Å². The van der Waals surface area contributed by atoms with Gasteiger partial charge in [0, 0.05) is 5.75 Å². The second kappa shape index (κ2) is 7.38. The van der Waals surface area contributed by atoms with E-state index in [2.05, 4.69) is 10.2 Å². The molecule has 144 valence electrons. The van der Waals surface area contributed by atoms with Crippen molar-refractivity contribution < 1.29 is 10.2 Å². The third-order valence-corrected chi connectivity index (χ3v) is 5.90. The van der Waals surface area contributed by atoms with Gasteiger partial charge in [-0.3, -0.25) is 9.20 Å². The summed E-state index contributed by atoms with van der Waals surface area (Å²) in [5, 5.41) is 28.4. The standard InChI is InChI=1S/C20H20N4O3S/c1-12-6-5-9-16(13(12)2)23-18(27)15-7-3-4-8-17(15)24-19(23)21-22-20(24)28-11-14(26)10-25/h3-9,14,25-26H,10-11H2,1-2H3/t14-/m1/s1. The monoisotopic (exact) mass is 396 g/mol. The lowest BCUT2D eigenvalue weighted by Crippen LogP contribution is -2.23. The van der Waals surface area contributed by atoms with Gasteiger partial charge in [-0.2, -0.15) is 0 Å². The number of nitrogens with zero attached hydrogens (tertiary/aromatic N) is 4. The van der Waals surface area contributed by atoms with E-state index in [1.807, 2.05) is 54.6 Å². The highest BCUT2D eigenvalue weighted by atomic mass is 32.2. The van der Waals surface area contributed by atoms with E-state index < -0.39 is 6.10 Å². The third kappa shape index (κ3) is 2.99. The molecule has 0 saturated heterocycles. The smallest absolute Gasteiger partial charge is 0.267 e. The minimum atomic E-state index is -0.853. The van der Waals surface area contributed by atoms with Gasteiger partial charge in [-0.15, -0.1) is 10.2 Å². The minimum Gasteiger partial charge on any atom is -0.394 e. The summed E-state index contributed by atoms with van der Waals surface area (Å²) in [6.07, 6.45) is -0.853. The number of fused-ring (bicyclic) bond motifs is 3. The van der Waals surface area contributed by atoms with Crippen molar-refractivity contribution in [2.45, 2.75) is 25.1 Å². The number of aryl methyl sites for hydroxylation is 1. The Hall–Kier alpha value is -2.68. The summed E-state index contributed by atoms with van der Waals surface area (Å²) >= 11 is 1.29. The number of benzene rings is 2. The molecular weight excluding hydrogens is 376 g/mol. The van der Waals surface area contributed by atoms with Crippen LogP contribution in [0.1, 0.15) is 11.1 Å². The summed E-state index contributed by atoms with van der Waals surface area (Å²) in [7, 11) is 0. The third-order valence-electron chi connectivity index (χ3n) is 4.83. The second-order valence-electron chi connectivity index (χ2n) is 6.64. The Balaban J connectivity index is 2.05. The second-order valence-corrected chi connectivity index (χ2v) is 7.63.